The third-order valence-corrected chi connectivity index (χ3v) is 8.91. The van der Waals surface area contributed by atoms with E-state index in [4.69, 9.17) is 20.4 Å². The second-order valence-electron chi connectivity index (χ2n) is 10.8. The quantitative estimate of drug-likeness (QED) is 0.165. The Hall–Kier alpha value is -4.08. The predicted octanol–water partition coefficient (Wildman–Crippen LogP) is 0.512. The van der Waals surface area contributed by atoms with Crippen molar-refractivity contribution in [2.75, 3.05) is 32.8 Å². The molecule has 1 saturated carbocycles. The molecule has 1 saturated heterocycles. The summed E-state index contributed by atoms with van der Waals surface area (Å²) in [6, 6.07) is 10.6. The van der Waals surface area contributed by atoms with Gasteiger partial charge in [0.25, 0.3) is 0 Å². The van der Waals surface area contributed by atoms with Crippen LogP contribution in [-0.2, 0) is 30.8 Å². The van der Waals surface area contributed by atoms with E-state index in [1.54, 1.807) is 28.9 Å². The van der Waals surface area contributed by atoms with Crippen molar-refractivity contribution in [2.24, 2.45) is 5.73 Å². The summed E-state index contributed by atoms with van der Waals surface area (Å²) < 4.78 is 40.4. The number of nitrogens with two attached hydrogens (primary N) is 1. The van der Waals surface area contributed by atoms with Gasteiger partial charge in [-0.3, -0.25) is 15.0 Å². The van der Waals surface area contributed by atoms with Gasteiger partial charge in [-0.1, -0.05) is 35.5 Å². The number of nitrogens with one attached hydrogen (secondary N) is 3. The van der Waals surface area contributed by atoms with Gasteiger partial charge in [-0.25, -0.2) is 8.42 Å². The molecule has 15 heteroatoms. The van der Waals surface area contributed by atoms with Crippen LogP contribution in [0.3, 0.4) is 0 Å². The van der Waals surface area contributed by atoms with Crippen LogP contribution in [0.1, 0.15) is 31.0 Å². The number of sulfonamides is 1. The van der Waals surface area contributed by atoms with Crippen LogP contribution in [-0.4, -0.2) is 97.1 Å². The zero-order valence-electron chi connectivity index (χ0n) is 23.9. The summed E-state index contributed by atoms with van der Waals surface area (Å²) in [5, 5.41) is 15.9. The molecule has 5 N–H and O–H groups in total. The SMILES string of the molecule is Cc1nc(CCN(C(=O)[C@H](CC(=O)NCC2CN(C(=N)N)CCO2)NS(=O)(=O)c2ccc3ccccc3c2)C2CC2)no1. The molecule has 14 nitrogen and oxygen atoms in total. The number of morpholine rings is 1. The van der Waals surface area contributed by atoms with Crippen LogP contribution in [0.2, 0.25) is 0 Å². The topological polar surface area (TPSA) is 197 Å². The Balaban J connectivity index is 1.32. The number of aryl methyl sites for hydroxylation is 1. The Kier molecular flexibility index (Phi) is 9.22. The highest BCUT2D eigenvalue weighted by Crippen LogP contribution is 2.28. The summed E-state index contributed by atoms with van der Waals surface area (Å²) in [5.74, 6) is -0.254. The number of fused-ring (bicyclic) bond motifs is 1. The number of guanidine groups is 1. The maximum Gasteiger partial charge on any atom is 0.241 e. The average Bonchev–Trinajstić information content (AvgIpc) is 3.75. The molecule has 2 amide bonds. The Bertz CT molecular complexity index is 1590. The molecule has 2 fully saturated rings. The predicted molar refractivity (Wildman–Crippen MR) is 156 cm³/mol. The Morgan fingerprint density at radius 1 is 1.21 bits per heavy atom. The molecular weight excluding hydrogens is 576 g/mol. The smallest absolute Gasteiger partial charge is 0.241 e. The van der Waals surface area contributed by atoms with E-state index in [1.165, 1.54) is 12.1 Å². The molecular formula is C28H36N8O6S. The average molecular weight is 613 g/mol. The zero-order chi connectivity index (χ0) is 30.6. The Labute approximate surface area is 249 Å². The van der Waals surface area contributed by atoms with Crippen molar-refractivity contribution in [2.45, 2.75) is 55.7 Å². The molecule has 2 atom stereocenters. The molecule has 0 spiro atoms. The molecule has 230 valence electrons. The second-order valence-corrected chi connectivity index (χ2v) is 12.5. The van der Waals surface area contributed by atoms with E-state index in [9.17, 15) is 18.0 Å². The minimum Gasteiger partial charge on any atom is -0.373 e. The first kappa shape index (κ1) is 30.4. The van der Waals surface area contributed by atoms with Gasteiger partial charge in [0.15, 0.2) is 11.8 Å². The molecule has 1 aliphatic carbocycles. The molecule has 1 aromatic heterocycles. The maximum atomic E-state index is 13.9. The van der Waals surface area contributed by atoms with Crippen molar-refractivity contribution in [3.05, 3.63) is 54.2 Å². The number of nitrogens with zero attached hydrogens (tertiary/aromatic N) is 4. The van der Waals surface area contributed by atoms with Crippen LogP contribution >= 0.6 is 0 Å². The van der Waals surface area contributed by atoms with Gasteiger partial charge in [0, 0.05) is 45.6 Å². The van der Waals surface area contributed by atoms with Crippen molar-refractivity contribution in [3.63, 3.8) is 0 Å². The number of carbonyl (C=O) groups excluding carboxylic acids is 2. The van der Waals surface area contributed by atoms with Gasteiger partial charge in [-0.05, 0) is 35.7 Å². The first-order chi connectivity index (χ1) is 20.6. The lowest BCUT2D eigenvalue weighted by Crippen LogP contribution is -2.53. The minimum absolute atomic E-state index is 0.00965. The lowest BCUT2D eigenvalue weighted by molar-refractivity contribution is -0.136. The van der Waals surface area contributed by atoms with Crippen LogP contribution in [0, 0.1) is 12.3 Å². The third-order valence-electron chi connectivity index (χ3n) is 7.44. The van der Waals surface area contributed by atoms with Crippen LogP contribution in [0.4, 0.5) is 0 Å². The van der Waals surface area contributed by atoms with Gasteiger partial charge in [0.05, 0.1) is 24.0 Å². The number of amides is 2. The number of aromatic nitrogens is 2. The van der Waals surface area contributed by atoms with Gasteiger partial charge in [0.1, 0.15) is 6.04 Å². The van der Waals surface area contributed by atoms with E-state index in [-0.39, 0.29) is 30.0 Å². The highest BCUT2D eigenvalue weighted by Gasteiger charge is 2.38. The largest absolute Gasteiger partial charge is 0.373 e. The summed E-state index contributed by atoms with van der Waals surface area (Å²) in [7, 11) is -4.18. The molecule has 0 bridgehead atoms. The van der Waals surface area contributed by atoms with Crippen molar-refractivity contribution in [1.82, 2.24) is 30.0 Å². The molecule has 2 heterocycles. The summed E-state index contributed by atoms with van der Waals surface area (Å²) in [6.45, 7) is 3.19. The molecule has 1 aliphatic heterocycles. The number of hydrogen-bond donors (Lipinski definition) is 4. The molecule has 2 aliphatic rings. The van der Waals surface area contributed by atoms with E-state index in [1.807, 2.05) is 18.2 Å². The lowest BCUT2D eigenvalue weighted by atomic mass is 10.1. The van der Waals surface area contributed by atoms with Gasteiger partial charge in [-0.15, -0.1) is 0 Å². The number of benzene rings is 2. The van der Waals surface area contributed by atoms with Crippen LogP contribution in [0.5, 0.6) is 0 Å². The lowest BCUT2D eigenvalue weighted by Gasteiger charge is -2.33. The standard InChI is InChI=1S/C28H36N8O6S/c1-18-32-25(33-42-18)10-11-36(21-7-8-21)27(38)24(15-26(37)31-16-22-17-35(28(29)30)12-13-41-22)34-43(39,40)23-9-6-19-4-2-3-5-20(19)14-23/h2-6,9,14,21-22,24,34H,7-8,10-13,15-17H2,1H3,(H3,29,30)(H,31,37)/t22?,24-/m0/s1. The normalized spacial score (nSPS) is 17.9. The highest BCUT2D eigenvalue weighted by molar-refractivity contribution is 7.89. The van der Waals surface area contributed by atoms with Gasteiger partial charge < -0.3 is 30.1 Å². The van der Waals surface area contributed by atoms with Crippen molar-refractivity contribution < 1.29 is 27.3 Å². The molecule has 2 aromatic carbocycles. The highest BCUT2D eigenvalue weighted by atomic mass is 32.2. The molecule has 43 heavy (non-hydrogen) atoms. The van der Waals surface area contributed by atoms with E-state index < -0.39 is 40.4 Å². The number of hydrogen-bond acceptors (Lipinski definition) is 9. The Morgan fingerprint density at radius 2 is 1.98 bits per heavy atom. The Morgan fingerprint density at radius 3 is 2.67 bits per heavy atom. The second kappa shape index (κ2) is 13.1. The first-order valence-corrected chi connectivity index (χ1v) is 15.7. The van der Waals surface area contributed by atoms with E-state index >= 15 is 0 Å². The summed E-state index contributed by atoms with van der Waals surface area (Å²) >= 11 is 0. The van der Waals surface area contributed by atoms with E-state index in [2.05, 4.69) is 20.2 Å². The fraction of sp³-hybridized carbons (Fsp3) is 0.464. The van der Waals surface area contributed by atoms with Gasteiger partial charge in [0.2, 0.25) is 27.7 Å². The van der Waals surface area contributed by atoms with Gasteiger partial charge in [-0.2, -0.15) is 9.71 Å². The van der Waals surface area contributed by atoms with Crippen molar-refractivity contribution in [1.29, 1.82) is 5.41 Å². The molecule has 3 aromatic rings. The van der Waals surface area contributed by atoms with E-state index in [0.29, 0.717) is 37.8 Å². The monoisotopic (exact) mass is 612 g/mol. The van der Waals surface area contributed by atoms with Crippen molar-refractivity contribution >= 4 is 38.6 Å². The molecule has 5 rings (SSSR count). The fourth-order valence-corrected chi connectivity index (χ4v) is 6.26. The summed E-state index contributed by atoms with van der Waals surface area (Å²) in [6.07, 6.45) is 1.05. The molecule has 0 radical (unpaired) electrons. The fourth-order valence-electron chi connectivity index (χ4n) is 5.04. The number of rotatable bonds is 12. The number of carbonyl (C=O) groups is 2. The number of ether oxygens (including phenoxy) is 1. The molecule has 1 unspecified atom stereocenters. The van der Waals surface area contributed by atoms with E-state index in [0.717, 1.165) is 23.6 Å². The van der Waals surface area contributed by atoms with Crippen LogP contribution in [0.15, 0.2) is 51.9 Å². The first-order valence-electron chi connectivity index (χ1n) is 14.2. The third kappa shape index (κ3) is 7.86. The maximum absolute atomic E-state index is 13.9. The minimum atomic E-state index is -4.18. The summed E-state index contributed by atoms with van der Waals surface area (Å²) in [4.78, 5) is 34.5. The zero-order valence-corrected chi connectivity index (χ0v) is 24.7. The van der Waals surface area contributed by atoms with Crippen LogP contribution in [0.25, 0.3) is 10.8 Å². The van der Waals surface area contributed by atoms with Crippen molar-refractivity contribution in [3.8, 4) is 0 Å². The summed E-state index contributed by atoms with van der Waals surface area (Å²) in [5.41, 5.74) is 5.59. The van der Waals surface area contributed by atoms with Gasteiger partial charge >= 0.3 is 0 Å². The van der Waals surface area contributed by atoms with Crippen LogP contribution < -0.4 is 15.8 Å².